The number of hydrogen-bond donors (Lipinski definition) is 0. The van der Waals surface area contributed by atoms with Crippen molar-refractivity contribution in [2.45, 2.75) is 51.9 Å². The van der Waals surface area contributed by atoms with Crippen molar-refractivity contribution in [2.24, 2.45) is 0 Å². The molecule has 1 aliphatic heterocycles. The van der Waals surface area contributed by atoms with Gasteiger partial charge in [-0.1, -0.05) is 30.3 Å². The van der Waals surface area contributed by atoms with E-state index in [1.807, 2.05) is 36.9 Å². The number of amides is 1. The van der Waals surface area contributed by atoms with Crippen LogP contribution < -0.4 is 0 Å². The average molecular weight is 409 g/mol. The van der Waals surface area contributed by atoms with Crippen LogP contribution in [0.2, 0.25) is 0 Å². The van der Waals surface area contributed by atoms with E-state index in [-0.39, 0.29) is 29.9 Å². The second-order valence-electron chi connectivity index (χ2n) is 8.26. The van der Waals surface area contributed by atoms with E-state index in [1.54, 1.807) is 12.1 Å². The van der Waals surface area contributed by atoms with Gasteiger partial charge in [0.1, 0.15) is 5.82 Å². The van der Waals surface area contributed by atoms with Crippen LogP contribution in [0.3, 0.4) is 0 Å². The van der Waals surface area contributed by atoms with Crippen LogP contribution in [0.1, 0.15) is 44.2 Å². The maximum atomic E-state index is 14.1. The van der Waals surface area contributed by atoms with Crippen molar-refractivity contribution in [1.29, 1.82) is 0 Å². The van der Waals surface area contributed by atoms with Crippen LogP contribution in [0.25, 0.3) is 10.9 Å². The minimum absolute atomic E-state index is 0.0207. The van der Waals surface area contributed by atoms with Crippen molar-refractivity contribution in [3.05, 3.63) is 71.7 Å². The van der Waals surface area contributed by atoms with Gasteiger partial charge in [-0.2, -0.15) is 0 Å². The molecule has 0 spiro atoms. The Morgan fingerprint density at radius 2 is 1.87 bits per heavy atom. The van der Waals surface area contributed by atoms with Gasteiger partial charge in [-0.05, 0) is 50.1 Å². The number of halogens is 1. The fourth-order valence-corrected chi connectivity index (χ4v) is 4.63. The van der Waals surface area contributed by atoms with Crippen molar-refractivity contribution in [2.75, 3.05) is 13.1 Å². The van der Waals surface area contributed by atoms with Gasteiger partial charge in [0, 0.05) is 49.1 Å². The number of morpholine rings is 1. The van der Waals surface area contributed by atoms with Gasteiger partial charge in [0.2, 0.25) is 5.91 Å². The first-order chi connectivity index (χ1) is 14.5. The molecule has 3 aromatic rings. The van der Waals surface area contributed by atoms with Gasteiger partial charge in [-0.15, -0.1) is 0 Å². The molecule has 30 heavy (non-hydrogen) atoms. The number of carbonyl (C=O) groups excluding carboxylic acids is 1. The molecule has 0 N–H and O–H groups in total. The Hall–Kier alpha value is -2.66. The molecule has 5 heteroatoms. The minimum atomic E-state index is -0.280. The molecule has 0 bridgehead atoms. The zero-order valence-electron chi connectivity index (χ0n) is 17.8. The zero-order valence-corrected chi connectivity index (χ0v) is 17.8. The fourth-order valence-electron chi connectivity index (χ4n) is 4.63. The molecule has 2 aromatic carbocycles. The van der Waals surface area contributed by atoms with Gasteiger partial charge in [-0.3, -0.25) is 4.79 Å². The van der Waals surface area contributed by atoms with Gasteiger partial charge in [0.15, 0.2) is 0 Å². The van der Waals surface area contributed by atoms with Crippen molar-refractivity contribution in [3.63, 3.8) is 0 Å². The molecule has 1 aliphatic rings. The molecule has 4 nitrogen and oxygen atoms in total. The lowest BCUT2D eigenvalue weighted by Crippen LogP contribution is -2.48. The standard InChI is InChI=1S/C25H29FN2O2/c1-4-27-16-23(21-10-5-6-11-24(21)27)22(19-8-7-9-20(26)12-19)13-25(29)28-14-17(2)30-18(3)15-28/h5-12,16-18,22H,4,13-15H2,1-3H3/t17-,18+,22-/m1/s1. The van der Waals surface area contributed by atoms with Crippen molar-refractivity contribution in [1.82, 2.24) is 9.47 Å². The van der Waals surface area contributed by atoms with Crippen LogP contribution in [-0.4, -0.2) is 40.7 Å². The predicted molar refractivity (Wildman–Crippen MR) is 117 cm³/mol. The molecular weight excluding hydrogens is 379 g/mol. The number of benzene rings is 2. The summed E-state index contributed by atoms with van der Waals surface area (Å²) in [6, 6.07) is 14.9. The van der Waals surface area contributed by atoms with E-state index in [0.717, 1.165) is 28.6 Å². The number of rotatable bonds is 5. The minimum Gasteiger partial charge on any atom is -0.372 e. The maximum absolute atomic E-state index is 14.1. The van der Waals surface area contributed by atoms with Crippen LogP contribution in [0.15, 0.2) is 54.7 Å². The fraction of sp³-hybridized carbons (Fsp3) is 0.400. The van der Waals surface area contributed by atoms with Gasteiger partial charge in [0.05, 0.1) is 12.2 Å². The summed E-state index contributed by atoms with van der Waals surface area (Å²) in [5, 5.41) is 1.12. The molecule has 4 rings (SSSR count). The molecule has 0 unspecified atom stereocenters. The number of hydrogen-bond acceptors (Lipinski definition) is 2. The van der Waals surface area contributed by atoms with Crippen LogP contribution in [-0.2, 0) is 16.1 Å². The number of ether oxygens (including phenoxy) is 1. The highest BCUT2D eigenvalue weighted by molar-refractivity contribution is 5.86. The maximum Gasteiger partial charge on any atom is 0.223 e. The first-order valence-corrected chi connectivity index (χ1v) is 10.7. The number of aromatic nitrogens is 1. The number of aryl methyl sites for hydroxylation is 1. The Morgan fingerprint density at radius 1 is 1.13 bits per heavy atom. The monoisotopic (exact) mass is 408 g/mol. The molecular formula is C25H29FN2O2. The molecule has 3 atom stereocenters. The largest absolute Gasteiger partial charge is 0.372 e. The molecule has 0 aliphatic carbocycles. The van der Waals surface area contributed by atoms with E-state index >= 15 is 0 Å². The topological polar surface area (TPSA) is 34.5 Å². The summed E-state index contributed by atoms with van der Waals surface area (Å²) in [6.45, 7) is 8.12. The van der Waals surface area contributed by atoms with E-state index in [2.05, 4.69) is 29.8 Å². The Bertz CT molecular complexity index is 1030. The van der Waals surface area contributed by atoms with Crippen LogP contribution in [0.4, 0.5) is 4.39 Å². The molecule has 158 valence electrons. The summed E-state index contributed by atoms with van der Waals surface area (Å²) >= 11 is 0. The summed E-state index contributed by atoms with van der Waals surface area (Å²) in [5.74, 6) is -0.406. The van der Waals surface area contributed by atoms with Crippen molar-refractivity contribution in [3.8, 4) is 0 Å². The second-order valence-corrected chi connectivity index (χ2v) is 8.26. The van der Waals surface area contributed by atoms with Crippen LogP contribution in [0.5, 0.6) is 0 Å². The summed E-state index contributed by atoms with van der Waals surface area (Å²) in [7, 11) is 0. The Balaban J connectivity index is 1.74. The number of para-hydroxylation sites is 1. The molecule has 1 saturated heterocycles. The van der Waals surface area contributed by atoms with Crippen LogP contribution >= 0.6 is 0 Å². The van der Waals surface area contributed by atoms with E-state index in [1.165, 1.54) is 6.07 Å². The highest BCUT2D eigenvalue weighted by Crippen LogP contribution is 2.35. The van der Waals surface area contributed by atoms with Gasteiger partial charge >= 0.3 is 0 Å². The third-order valence-corrected chi connectivity index (χ3v) is 5.94. The summed E-state index contributed by atoms with van der Waals surface area (Å²) < 4.78 is 22.1. The summed E-state index contributed by atoms with van der Waals surface area (Å²) in [4.78, 5) is 15.2. The molecule has 0 saturated carbocycles. The predicted octanol–water partition coefficient (Wildman–Crippen LogP) is 4.96. The molecule has 1 aromatic heterocycles. The van der Waals surface area contributed by atoms with E-state index in [0.29, 0.717) is 19.5 Å². The second kappa shape index (κ2) is 8.60. The molecule has 2 heterocycles. The Kier molecular flexibility index (Phi) is 5.91. The quantitative estimate of drug-likeness (QED) is 0.598. The molecule has 1 amide bonds. The average Bonchev–Trinajstić information content (AvgIpc) is 3.10. The normalized spacial score (nSPS) is 20.5. The van der Waals surface area contributed by atoms with E-state index in [4.69, 9.17) is 4.74 Å². The van der Waals surface area contributed by atoms with E-state index < -0.39 is 0 Å². The van der Waals surface area contributed by atoms with Gasteiger partial charge < -0.3 is 14.2 Å². The van der Waals surface area contributed by atoms with E-state index in [9.17, 15) is 9.18 Å². The third kappa shape index (κ3) is 4.12. The first-order valence-electron chi connectivity index (χ1n) is 10.7. The summed E-state index contributed by atoms with van der Waals surface area (Å²) in [5.41, 5.74) is 3.04. The summed E-state index contributed by atoms with van der Waals surface area (Å²) in [6.07, 6.45) is 2.47. The molecule has 0 radical (unpaired) electrons. The highest BCUT2D eigenvalue weighted by atomic mass is 19.1. The van der Waals surface area contributed by atoms with Crippen molar-refractivity contribution < 1.29 is 13.9 Å². The first kappa shape index (κ1) is 20.6. The lowest BCUT2D eigenvalue weighted by molar-refractivity contribution is -0.143. The highest BCUT2D eigenvalue weighted by Gasteiger charge is 2.29. The third-order valence-electron chi connectivity index (χ3n) is 5.94. The van der Waals surface area contributed by atoms with Gasteiger partial charge in [-0.25, -0.2) is 4.39 Å². The number of carbonyl (C=O) groups is 1. The Morgan fingerprint density at radius 3 is 2.57 bits per heavy atom. The number of nitrogens with zero attached hydrogens (tertiary/aromatic N) is 2. The lowest BCUT2D eigenvalue weighted by Gasteiger charge is -2.36. The zero-order chi connectivity index (χ0) is 21.3. The smallest absolute Gasteiger partial charge is 0.223 e. The lowest BCUT2D eigenvalue weighted by atomic mass is 9.87. The number of fused-ring (bicyclic) bond motifs is 1. The SMILES string of the molecule is CCn1cc([C@H](CC(=O)N2C[C@@H](C)O[C@@H](C)C2)c2cccc(F)c2)c2ccccc21. The van der Waals surface area contributed by atoms with Crippen LogP contribution in [0, 0.1) is 5.82 Å². The Labute approximate surface area is 177 Å². The van der Waals surface area contributed by atoms with Crippen molar-refractivity contribution >= 4 is 16.8 Å². The molecule has 1 fully saturated rings. The van der Waals surface area contributed by atoms with Gasteiger partial charge in [0.25, 0.3) is 0 Å².